The minimum atomic E-state index is -0.501. The topological polar surface area (TPSA) is 32.7 Å². The molecule has 0 aliphatic rings. The molecule has 0 aliphatic heterocycles. The van der Waals surface area contributed by atoms with Crippen LogP contribution in [-0.4, -0.2) is 35.8 Å². The van der Waals surface area contributed by atoms with Crippen LogP contribution in [-0.2, 0) is 6.54 Å². The lowest BCUT2D eigenvalue weighted by Crippen LogP contribution is -2.35. The summed E-state index contributed by atoms with van der Waals surface area (Å²) < 4.78 is 5.80. The van der Waals surface area contributed by atoms with Gasteiger partial charge in [0.25, 0.3) is 0 Å². The zero-order chi connectivity index (χ0) is 16.7. The Morgan fingerprint density at radius 1 is 1.04 bits per heavy atom. The summed E-state index contributed by atoms with van der Waals surface area (Å²) in [5, 5.41) is 10.3. The first-order valence-corrected chi connectivity index (χ1v) is 8.23. The Balaban J connectivity index is 1.85. The van der Waals surface area contributed by atoms with E-state index in [1.54, 1.807) is 0 Å². The van der Waals surface area contributed by atoms with E-state index in [2.05, 4.69) is 36.9 Å². The van der Waals surface area contributed by atoms with E-state index < -0.39 is 6.10 Å². The van der Waals surface area contributed by atoms with Crippen molar-refractivity contribution in [3.05, 3.63) is 65.2 Å². The summed E-state index contributed by atoms with van der Waals surface area (Å²) in [6.45, 7) is 8.89. The highest BCUT2D eigenvalue weighted by molar-refractivity contribution is 5.38. The average molecular weight is 313 g/mol. The van der Waals surface area contributed by atoms with Gasteiger partial charge in [-0.3, -0.25) is 4.90 Å². The summed E-state index contributed by atoms with van der Waals surface area (Å²) in [5.74, 6) is 0.857. The zero-order valence-corrected chi connectivity index (χ0v) is 14.3. The molecule has 2 aromatic rings. The van der Waals surface area contributed by atoms with Crippen LogP contribution in [0, 0.1) is 13.8 Å². The Morgan fingerprint density at radius 3 is 2.48 bits per heavy atom. The standard InChI is InChI=1S/C20H27NO2/c1-4-21(13-18-10-6-5-7-11-18)14-19(22)15-23-20-12-8-9-16(2)17(20)3/h5-12,19,22H,4,13-15H2,1-3H3. The number of likely N-dealkylation sites (N-methyl/N-ethyl adjacent to an activating group) is 1. The summed E-state index contributed by atoms with van der Waals surface area (Å²) in [6.07, 6.45) is -0.501. The van der Waals surface area contributed by atoms with Crippen molar-refractivity contribution >= 4 is 0 Å². The number of hydrogen-bond donors (Lipinski definition) is 1. The molecule has 0 heterocycles. The predicted molar refractivity (Wildman–Crippen MR) is 94.8 cm³/mol. The van der Waals surface area contributed by atoms with Crippen LogP contribution in [0.2, 0.25) is 0 Å². The SMILES string of the molecule is CCN(Cc1ccccc1)CC(O)COc1cccc(C)c1C. The third-order valence-corrected chi connectivity index (χ3v) is 4.15. The van der Waals surface area contributed by atoms with Gasteiger partial charge in [-0.05, 0) is 43.1 Å². The molecule has 0 fully saturated rings. The molecule has 3 nitrogen and oxygen atoms in total. The minimum absolute atomic E-state index is 0.315. The van der Waals surface area contributed by atoms with Crippen LogP contribution in [0.15, 0.2) is 48.5 Å². The monoisotopic (exact) mass is 313 g/mol. The number of benzene rings is 2. The van der Waals surface area contributed by atoms with Gasteiger partial charge in [-0.25, -0.2) is 0 Å². The van der Waals surface area contributed by atoms with Gasteiger partial charge in [0.1, 0.15) is 18.5 Å². The zero-order valence-electron chi connectivity index (χ0n) is 14.3. The van der Waals surface area contributed by atoms with Crippen molar-refractivity contribution in [3.63, 3.8) is 0 Å². The smallest absolute Gasteiger partial charge is 0.122 e. The van der Waals surface area contributed by atoms with Gasteiger partial charge in [0.2, 0.25) is 0 Å². The molecule has 0 bridgehead atoms. The lowest BCUT2D eigenvalue weighted by molar-refractivity contribution is 0.0672. The number of hydrogen-bond acceptors (Lipinski definition) is 3. The fraction of sp³-hybridized carbons (Fsp3) is 0.400. The molecule has 2 rings (SSSR count). The summed E-state index contributed by atoms with van der Waals surface area (Å²) in [7, 11) is 0. The maximum Gasteiger partial charge on any atom is 0.122 e. The summed E-state index contributed by atoms with van der Waals surface area (Å²) >= 11 is 0. The Bertz CT molecular complexity index is 598. The van der Waals surface area contributed by atoms with Gasteiger partial charge in [0, 0.05) is 13.1 Å². The molecule has 0 saturated heterocycles. The van der Waals surface area contributed by atoms with Gasteiger partial charge < -0.3 is 9.84 Å². The van der Waals surface area contributed by atoms with Crippen molar-refractivity contribution in [2.45, 2.75) is 33.4 Å². The van der Waals surface area contributed by atoms with Gasteiger partial charge in [-0.2, -0.15) is 0 Å². The third kappa shape index (κ3) is 5.38. The first-order chi connectivity index (χ1) is 11.1. The van der Waals surface area contributed by atoms with Crippen LogP contribution in [0.25, 0.3) is 0 Å². The molecule has 0 spiro atoms. The minimum Gasteiger partial charge on any atom is -0.491 e. The van der Waals surface area contributed by atoms with E-state index in [1.807, 2.05) is 37.3 Å². The fourth-order valence-corrected chi connectivity index (χ4v) is 2.56. The van der Waals surface area contributed by atoms with Crippen molar-refractivity contribution in [3.8, 4) is 5.75 Å². The first-order valence-electron chi connectivity index (χ1n) is 8.23. The Hall–Kier alpha value is -1.84. The molecule has 0 amide bonds. The van der Waals surface area contributed by atoms with E-state index in [0.717, 1.165) is 24.4 Å². The molecule has 2 aromatic carbocycles. The molecule has 0 aromatic heterocycles. The second kappa shape index (κ2) is 8.70. The summed E-state index contributed by atoms with van der Waals surface area (Å²) in [6, 6.07) is 16.3. The fourth-order valence-electron chi connectivity index (χ4n) is 2.56. The summed E-state index contributed by atoms with van der Waals surface area (Å²) in [5.41, 5.74) is 3.60. The highest BCUT2D eigenvalue weighted by atomic mass is 16.5. The van der Waals surface area contributed by atoms with E-state index in [9.17, 15) is 5.11 Å². The second-order valence-electron chi connectivity index (χ2n) is 5.98. The van der Waals surface area contributed by atoms with Gasteiger partial charge in [-0.15, -0.1) is 0 Å². The van der Waals surface area contributed by atoms with Crippen molar-refractivity contribution < 1.29 is 9.84 Å². The van der Waals surface area contributed by atoms with Gasteiger partial charge >= 0.3 is 0 Å². The molecule has 1 N–H and O–H groups in total. The largest absolute Gasteiger partial charge is 0.491 e. The van der Waals surface area contributed by atoms with E-state index in [4.69, 9.17) is 4.74 Å². The van der Waals surface area contributed by atoms with Crippen LogP contribution >= 0.6 is 0 Å². The number of aliphatic hydroxyl groups is 1. The van der Waals surface area contributed by atoms with Crippen molar-refractivity contribution in [2.24, 2.45) is 0 Å². The second-order valence-corrected chi connectivity index (χ2v) is 5.98. The van der Waals surface area contributed by atoms with Crippen LogP contribution in [0.5, 0.6) is 5.75 Å². The van der Waals surface area contributed by atoms with E-state index in [0.29, 0.717) is 13.2 Å². The Kier molecular flexibility index (Phi) is 6.63. The highest BCUT2D eigenvalue weighted by Gasteiger charge is 2.12. The van der Waals surface area contributed by atoms with Gasteiger partial charge in [0.05, 0.1) is 0 Å². The first kappa shape index (κ1) is 17.5. The molecule has 0 saturated carbocycles. The number of aliphatic hydroxyl groups excluding tert-OH is 1. The van der Waals surface area contributed by atoms with Crippen molar-refractivity contribution in [2.75, 3.05) is 19.7 Å². The number of nitrogens with zero attached hydrogens (tertiary/aromatic N) is 1. The molecule has 1 atom stereocenters. The van der Waals surface area contributed by atoms with Gasteiger partial charge in [-0.1, -0.05) is 49.4 Å². The number of ether oxygens (including phenoxy) is 1. The maximum atomic E-state index is 10.3. The van der Waals surface area contributed by atoms with E-state index in [1.165, 1.54) is 11.1 Å². The Morgan fingerprint density at radius 2 is 1.78 bits per heavy atom. The molecular formula is C20H27NO2. The number of aryl methyl sites for hydroxylation is 1. The molecular weight excluding hydrogens is 286 g/mol. The Labute approximate surface area is 139 Å². The lowest BCUT2D eigenvalue weighted by atomic mass is 10.1. The summed E-state index contributed by atoms with van der Waals surface area (Å²) in [4.78, 5) is 2.23. The maximum absolute atomic E-state index is 10.3. The van der Waals surface area contributed by atoms with Crippen LogP contribution in [0.4, 0.5) is 0 Å². The van der Waals surface area contributed by atoms with E-state index in [-0.39, 0.29) is 0 Å². The van der Waals surface area contributed by atoms with E-state index >= 15 is 0 Å². The van der Waals surface area contributed by atoms with Crippen molar-refractivity contribution in [1.82, 2.24) is 4.90 Å². The molecule has 0 radical (unpaired) electrons. The quantitative estimate of drug-likeness (QED) is 0.809. The predicted octanol–water partition coefficient (Wildman–Crippen LogP) is 3.57. The highest BCUT2D eigenvalue weighted by Crippen LogP contribution is 2.20. The molecule has 0 aliphatic carbocycles. The molecule has 3 heteroatoms. The molecule has 23 heavy (non-hydrogen) atoms. The lowest BCUT2D eigenvalue weighted by Gasteiger charge is -2.24. The number of rotatable bonds is 8. The molecule has 124 valence electrons. The molecule has 1 unspecified atom stereocenters. The third-order valence-electron chi connectivity index (χ3n) is 4.15. The average Bonchev–Trinajstić information content (AvgIpc) is 2.56. The van der Waals surface area contributed by atoms with Gasteiger partial charge in [0.15, 0.2) is 0 Å². The van der Waals surface area contributed by atoms with Crippen LogP contribution < -0.4 is 4.74 Å². The van der Waals surface area contributed by atoms with Crippen LogP contribution in [0.3, 0.4) is 0 Å². The van der Waals surface area contributed by atoms with Crippen LogP contribution in [0.1, 0.15) is 23.6 Å². The normalized spacial score (nSPS) is 12.4. The van der Waals surface area contributed by atoms with Crippen molar-refractivity contribution in [1.29, 1.82) is 0 Å².